The molecule has 2 atom stereocenters. The second-order valence-corrected chi connectivity index (χ2v) is 9.87. The predicted molar refractivity (Wildman–Crippen MR) is 137 cm³/mol. The van der Waals surface area contributed by atoms with Gasteiger partial charge in [-0.3, -0.25) is 9.59 Å². The van der Waals surface area contributed by atoms with Crippen LogP contribution in [0.15, 0.2) is 60.7 Å². The summed E-state index contributed by atoms with van der Waals surface area (Å²) in [6.45, 7) is 8.57. The van der Waals surface area contributed by atoms with Crippen LogP contribution < -0.4 is 10.6 Å². The Kier molecular flexibility index (Phi) is 11.1. The van der Waals surface area contributed by atoms with Crippen molar-refractivity contribution in [3.8, 4) is 0 Å². The smallest absolute Gasteiger partial charge is 0.408 e. The average Bonchev–Trinajstić information content (AvgIpc) is 2.84. The molecule has 9 heteroatoms. The number of benzene rings is 2. The largest absolute Gasteiger partial charge is 0.461 e. The molecule has 9 nitrogen and oxygen atoms in total. The van der Waals surface area contributed by atoms with Crippen molar-refractivity contribution >= 4 is 23.9 Å². The molecule has 0 spiro atoms. The van der Waals surface area contributed by atoms with Crippen LogP contribution in [0.4, 0.5) is 4.79 Å². The van der Waals surface area contributed by atoms with Crippen LogP contribution in [0.3, 0.4) is 0 Å². The van der Waals surface area contributed by atoms with Gasteiger partial charge in [-0.25, -0.2) is 9.59 Å². The number of nitrogens with one attached hydrogen (secondary N) is 2. The van der Waals surface area contributed by atoms with Crippen LogP contribution in [0.1, 0.15) is 52.2 Å². The lowest BCUT2D eigenvalue weighted by atomic mass is 10.0. The molecule has 2 rings (SSSR count). The fourth-order valence-electron chi connectivity index (χ4n) is 3.22. The lowest BCUT2D eigenvalue weighted by molar-refractivity contribution is -0.155. The summed E-state index contributed by atoms with van der Waals surface area (Å²) in [4.78, 5) is 50.8. The highest BCUT2D eigenvalue weighted by Crippen LogP contribution is 2.11. The summed E-state index contributed by atoms with van der Waals surface area (Å²) >= 11 is 0. The molecule has 0 radical (unpaired) electrons. The fraction of sp³-hybridized carbons (Fsp3) is 0.429. The van der Waals surface area contributed by atoms with Gasteiger partial charge in [-0.1, -0.05) is 74.5 Å². The van der Waals surface area contributed by atoms with Crippen LogP contribution in [0.2, 0.25) is 0 Å². The van der Waals surface area contributed by atoms with E-state index in [1.807, 2.05) is 24.3 Å². The Morgan fingerprint density at radius 1 is 0.784 bits per heavy atom. The second kappa shape index (κ2) is 14.0. The highest BCUT2D eigenvalue weighted by atomic mass is 16.6. The summed E-state index contributed by atoms with van der Waals surface area (Å²) in [5.74, 6) is -2.47. The third-order valence-electron chi connectivity index (χ3n) is 5.06. The van der Waals surface area contributed by atoms with Crippen molar-refractivity contribution in [2.75, 3.05) is 0 Å². The molecule has 2 aromatic carbocycles. The van der Waals surface area contributed by atoms with Crippen molar-refractivity contribution in [1.29, 1.82) is 0 Å². The van der Waals surface area contributed by atoms with Crippen molar-refractivity contribution in [2.24, 2.45) is 5.92 Å². The molecule has 0 heterocycles. The van der Waals surface area contributed by atoms with Crippen LogP contribution in [0.25, 0.3) is 0 Å². The Labute approximate surface area is 217 Å². The van der Waals surface area contributed by atoms with Gasteiger partial charge >= 0.3 is 18.0 Å². The van der Waals surface area contributed by atoms with Gasteiger partial charge in [0.15, 0.2) is 0 Å². The van der Waals surface area contributed by atoms with Gasteiger partial charge < -0.3 is 24.8 Å². The first-order valence-electron chi connectivity index (χ1n) is 12.1. The monoisotopic (exact) mass is 512 g/mol. The van der Waals surface area contributed by atoms with E-state index >= 15 is 0 Å². The van der Waals surface area contributed by atoms with E-state index in [9.17, 15) is 19.2 Å². The standard InChI is InChI=1S/C28H36N2O7/c1-19(2)24(30-27(34)37-28(3,4)5)25(32)29-22(26(33)36-18-21-14-10-7-11-15-21)16-23(31)35-17-20-12-8-6-9-13-20/h6-15,19,22,24H,16-18H2,1-5H3,(H,29,32)(H,30,34)/t22-,24+/m1/s1. The maximum Gasteiger partial charge on any atom is 0.408 e. The van der Waals surface area contributed by atoms with Gasteiger partial charge in [-0.05, 0) is 37.8 Å². The summed E-state index contributed by atoms with van der Waals surface area (Å²) in [6.07, 6.45) is -1.21. The fourth-order valence-corrected chi connectivity index (χ4v) is 3.22. The summed E-state index contributed by atoms with van der Waals surface area (Å²) in [5.41, 5.74) is 0.776. The van der Waals surface area contributed by atoms with E-state index in [1.54, 1.807) is 71.0 Å². The molecule has 0 aliphatic rings. The summed E-state index contributed by atoms with van der Waals surface area (Å²) in [6, 6.07) is 15.8. The SMILES string of the molecule is CC(C)[C@H](NC(=O)OC(C)(C)C)C(=O)N[C@H](CC(=O)OCc1ccccc1)C(=O)OCc1ccccc1. The first-order valence-corrected chi connectivity index (χ1v) is 12.1. The Balaban J connectivity index is 2.09. The molecular formula is C28H36N2O7. The van der Waals surface area contributed by atoms with Gasteiger partial charge in [-0.2, -0.15) is 0 Å². The Morgan fingerprint density at radius 3 is 1.78 bits per heavy atom. The van der Waals surface area contributed by atoms with Gasteiger partial charge in [0.1, 0.15) is 30.9 Å². The van der Waals surface area contributed by atoms with Crippen molar-refractivity contribution in [3.63, 3.8) is 0 Å². The Hall–Kier alpha value is -3.88. The summed E-state index contributed by atoms with van der Waals surface area (Å²) in [7, 11) is 0. The summed E-state index contributed by atoms with van der Waals surface area (Å²) < 4.78 is 15.9. The van der Waals surface area contributed by atoms with Crippen LogP contribution in [0.5, 0.6) is 0 Å². The van der Waals surface area contributed by atoms with Gasteiger partial charge in [0.05, 0.1) is 6.42 Å². The molecule has 37 heavy (non-hydrogen) atoms. The number of alkyl carbamates (subject to hydrolysis) is 1. The van der Waals surface area contributed by atoms with E-state index in [0.29, 0.717) is 0 Å². The molecular weight excluding hydrogens is 476 g/mol. The number of hydrogen-bond donors (Lipinski definition) is 2. The van der Waals surface area contributed by atoms with Gasteiger partial charge in [0.2, 0.25) is 5.91 Å². The first-order chi connectivity index (χ1) is 17.4. The van der Waals surface area contributed by atoms with Crippen LogP contribution >= 0.6 is 0 Å². The second-order valence-electron chi connectivity index (χ2n) is 9.87. The number of rotatable bonds is 11. The molecule has 0 unspecified atom stereocenters. The zero-order valence-electron chi connectivity index (χ0n) is 22.0. The quantitative estimate of drug-likeness (QED) is 0.346. The number of carbonyl (C=O) groups excluding carboxylic acids is 4. The molecule has 0 saturated heterocycles. The zero-order valence-corrected chi connectivity index (χ0v) is 22.0. The predicted octanol–water partition coefficient (Wildman–Crippen LogP) is 3.90. The third kappa shape index (κ3) is 11.2. The number of ether oxygens (including phenoxy) is 3. The molecule has 200 valence electrons. The van der Waals surface area contributed by atoms with E-state index in [0.717, 1.165) is 11.1 Å². The van der Waals surface area contributed by atoms with Gasteiger partial charge in [0, 0.05) is 0 Å². The van der Waals surface area contributed by atoms with E-state index < -0.39 is 48.0 Å². The normalized spacial score (nSPS) is 12.7. The third-order valence-corrected chi connectivity index (χ3v) is 5.06. The lowest BCUT2D eigenvalue weighted by Gasteiger charge is -2.26. The van der Waals surface area contributed by atoms with Crippen molar-refractivity contribution in [1.82, 2.24) is 10.6 Å². The van der Waals surface area contributed by atoms with Crippen molar-refractivity contribution < 1.29 is 33.4 Å². The van der Waals surface area contributed by atoms with Crippen molar-refractivity contribution in [3.05, 3.63) is 71.8 Å². The van der Waals surface area contributed by atoms with Crippen LogP contribution in [-0.4, -0.2) is 41.6 Å². The van der Waals surface area contributed by atoms with E-state index in [2.05, 4.69) is 10.6 Å². The first kappa shape index (κ1) is 29.4. The molecule has 2 N–H and O–H groups in total. The topological polar surface area (TPSA) is 120 Å². The zero-order chi connectivity index (χ0) is 27.4. The molecule has 0 fully saturated rings. The molecule has 0 aromatic heterocycles. The molecule has 2 amide bonds. The van der Waals surface area contributed by atoms with E-state index in [1.165, 1.54) is 0 Å². The van der Waals surface area contributed by atoms with Gasteiger partial charge in [-0.15, -0.1) is 0 Å². The Morgan fingerprint density at radius 2 is 1.30 bits per heavy atom. The van der Waals surface area contributed by atoms with Crippen molar-refractivity contribution in [2.45, 2.75) is 71.9 Å². The maximum absolute atomic E-state index is 13.1. The van der Waals surface area contributed by atoms with Crippen LogP contribution in [-0.2, 0) is 41.8 Å². The molecule has 2 aromatic rings. The minimum Gasteiger partial charge on any atom is -0.461 e. The van der Waals surface area contributed by atoms with E-state index in [4.69, 9.17) is 14.2 Å². The lowest BCUT2D eigenvalue weighted by Crippen LogP contribution is -2.55. The minimum atomic E-state index is -1.32. The highest BCUT2D eigenvalue weighted by molar-refractivity contribution is 5.91. The molecule has 0 saturated carbocycles. The number of carbonyl (C=O) groups is 4. The van der Waals surface area contributed by atoms with E-state index in [-0.39, 0.29) is 19.1 Å². The summed E-state index contributed by atoms with van der Waals surface area (Å²) in [5, 5.41) is 5.08. The van der Waals surface area contributed by atoms with Gasteiger partial charge in [0.25, 0.3) is 0 Å². The molecule has 0 aliphatic carbocycles. The number of amides is 2. The van der Waals surface area contributed by atoms with Crippen LogP contribution in [0, 0.1) is 5.92 Å². The minimum absolute atomic E-state index is 0.0220. The number of hydrogen-bond acceptors (Lipinski definition) is 7. The number of esters is 2. The maximum atomic E-state index is 13.1. The Bertz CT molecular complexity index is 1030. The molecule has 0 aliphatic heterocycles. The highest BCUT2D eigenvalue weighted by Gasteiger charge is 2.32. The molecule has 0 bridgehead atoms. The average molecular weight is 513 g/mol.